The Morgan fingerprint density at radius 2 is 1.72 bits per heavy atom. The van der Waals surface area contributed by atoms with E-state index in [0.29, 0.717) is 11.1 Å². The van der Waals surface area contributed by atoms with Crippen LogP contribution in [-0.2, 0) is 7.05 Å². The van der Waals surface area contributed by atoms with Crippen molar-refractivity contribution in [3.8, 4) is 33.5 Å². The average Bonchev–Trinajstić information content (AvgIpc) is 3.39. The Hall–Kier alpha value is -3.72. The van der Waals surface area contributed by atoms with Crippen molar-refractivity contribution in [1.82, 2.24) is 24.6 Å². The standard InChI is InChI=1S/C23H18F2N6S/c1-30-13-22(27-29-30)14-3-6-23-20(11-26-31(23)12-14)16-7-15(8-18(9-16)28-32-2)19-5-4-17(24)10-21(19)25/h3-13,28H,1-2H3. The lowest BCUT2D eigenvalue weighted by Crippen LogP contribution is -1.92. The monoisotopic (exact) mass is 448 g/mol. The maximum atomic E-state index is 14.5. The van der Waals surface area contributed by atoms with Crippen LogP contribution in [0.4, 0.5) is 14.5 Å². The van der Waals surface area contributed by atoms with Crippen LogP contribution in [0.5, 0.6) is 0 Å². The third kappa shape index (κ3) is 3.71. The van der Waals surface area contributed by atoms with E-state index in [-0.39, 0.29) is 0 Å². The summed E-state index contributed by atoms with van der Waals surface area (Å²) in [6.45, 7) is 0. The maximum absolute atomic E-state index is 14.5. The van der Waals surface area contributed by atoms with Crippen LogP contribution in [0, 0.1) is 11.6 Å². The molecule has 0 spiro atoms. The highest BCUT2D eigenvalue weighted by atomic mass is 32.2. The highest BCUT2D eigenvalue weighted by molar-refractivity contribution is 7.99. The van der Waals surface area contributed by atoms with E-state index in [4.69, 9.17) is 0 Å². The van der Waals surface area contributed by atoms with Gasteiger partial charge in [-0.25, -0.2) is 13.3 Å². The average molecular weight is 449 g/mol. The molecule has 5 rings (SSSR count). The zero-order valence-corrected chi connectivity index (χ0v) is 18.1. The van der Waals surface area contributed by atoms with Gasteiger partial charge >= 0.3 is 0 Å². The number of aromatic nitrogens is 5. The molecule has 5 aromatic rings. The molecular weight excluding hydrogens is 430 g/mol. The minimum atomic E-state index is -0.606. The number of halogens is 2. The lowest BCUT2D eigenvalue weighted by atomic mass is 9.98. The van der Waals surface area contributed by atoms with E-state index in [1.54, 1.807) is 15.4 Å². The van der Waals surface area contributed by atoms with E-state index in [2.05, 4.69) is 20.1 Å². The Bertz CT molecular complexity index is 1440. The van der Waals surface area contributed by atoms with Crippen LogP contribution >= 0.6 is 11.9 Å². The van der Waals surface area contributed by atoms with Crippen LogP contribution < -0.4 is 4.72 Å². The molecule has 0 amide bonds. The molecule has 32 heavy (non-hydrogen) atoms. The number of hydrogen-bond acceptors (Lipinski definition) is 5. The third-order valence-corrected chi connectivity index (χ3v) is 5.56. The molecule has 3 heterocycles. The van der Waals surface area contributed by atoms with Crippen molar-refractivity contribution in [3.63, 3.8) is 0 Å². The zero-order chi connectivity index (χ0) is 22.2. The maximum Gasteiger partial charge on any atom is 0.133 e. The van der Waals surface area contributed by atoms with Gasteiger partial charge in [0.1, 0.15) is 17.3 Å². The summed E-state index contributed by atoms with van der Waals surface area (Å²) in [5.41, 5.74) is 6.09. The van der Waals surface area contributed by atoms with Gasteiger partial charge in [0.2, 0.25) is 0 Å². The molecule has 0 aliphatic carbocycles. The molecular formula is C23H18F2N6S. The van der Waals surface area contributed by atoms with Crippen LogP contribution in [0.15, 0.2) is 67.1 Å². The molecule has 0 atom stereocenters. The smallest absolute Gasteiger partial charge is 0.133 e. The highest BCUT2D eigenvalue weighted by Crippen LogP contribution is 2.34. The SMILES string of the molecule is CSNc1cc(-c2ccc(F)cc2F)cc(-c2cnn3cc(-c4cn(C)nn4)ccc23)c1. The molecule has 1 N–H and O–H groups in total. The number of hydrogen-bond donors (Lipinski definition) is 1. The first-order chi connectivity index (χ1) is 15.5. The van der Waals surface area contributed by atoms with Crippen molar-refractivity contribution in [2.75, 3.05) is 11.0 Å². The fraction of sp³-hybridized carbons (Fsp3) is 0.0870. The zero-order valence-electron chi connectivity index (χ0n) is 17.3. The predicted octanol–water partition coefficient (Wildman–Crippen LogP) is 5.43. The van der Waals surface area contributed by atoms with Crippen LogP contribution in [0.3, 0.4) is 0 Å². The second kappa shape index (κ2) is 8.08. The van der Waals surface area contributed by atoms with Crippen molar-refractivity contribution < 1.29 is 8.78 Å². The number of rotatable bonds is 5. The van der Waals surface area contributed by atoms with Gasteiger partial charge in [0, 0.05) is 47.9 Å². The van der Waals surface area contributed by atoms with Crippen LogP contribution in [0.2, 0.25) is 0 Å². The van der Waals surface area contributed by atoms with E-state index >= 15 is 0 Å². The van der Waals surface area contributed by atoms with E-state index in [0.717, 1.165) is 39.7 Å². The number of pyridine rings is 1. The van der Waals surface area contributed by atoms with Crippen molar-refractivity contribution in [3.05, 3.63) is 78.8 Å². The van der Waals surface area contributed by atoms with Crippen molar-refractivity contribution in [1.29, 1.82) is 0 Å². The number of aryl methyl sites for hydroxylation is 1. The molecule has 0 saturated heterocycles. The quantitative estimate of drug-likeness (QED) is 0.363. The van der Waals surface area contributed by atoms with E-state index < -0.39 is 11.6 Å². The molecule has 0 radical (unpaired) electrons. The van der Waals surface area contributed by atoms with E-state index in [1.165, 1.54) is 24.1 Å². The number of fused-ring (bicyclic) bond motifs is 1. The summed E-state index contributed by atoms with van der Waals surface area (Å²) in [6.07, 6.45) is 7.42. The van der Waals surface area contributed by atoms with Gasteiger partial charge in [-0.15, -0.1) is 5.10 Å². The highest BCUT2D eigenvalue weighted by Gasteiger charge is 2.14. The number of nitrogens with zero attached hydrogens (tertiary/aromatic N) is 5. The lowest BCUT2D eigenvalue weighted by molar-refractivity contribution is 0.585. The molecule has 0 aliphatic rings. The van der Waals surface area contributed by atoms with E-state index in [9.17, 15) is 8.78 Å². The van der Waals surface area contributed by atoms with Gasteiger partial charge in [-0.2, -0.15) is 5.10 Å². The first kappa shape index (κ1) is 20.2. The number of nitrogens with one attached hydrogen (secondary N) is 1. The first-order valence-corrected chi connectivity index (χ1v) is 11.0. The summed E-state index contributed by atoms with van der Waals surface area (Å²) in [7, 11) is 1.82. The van der Waals surface area contributed by atoms with Gasteiger partial charge < -0.3 is 4.72 Å². The molecule has 0 bridgehead atoms. The second-order valence-electron chi connectivity index (χ2n) is 7.31. The Kier molecular flexibility index (Phi) is 5.10. The molecule has 3 aromatic heterocycles. The van der Waals surface area contributed by atoms with Gasteiger partial charge in [-0.1, -0.05) is 17.2 Å². The lowest BCUT2D eigenvalue weighted by Gasteiger charge is -2.11. The third-order valence-electron chi connectivity index (χ3n) is 5.12. The molecule has 6 nitrogen and oxygen atoms in total. The van der Waals surface area contributed by atoms with Crippen molar-refractivity contribution >= 4 is 23.2 Å². The molecule has 0 saturated carbocycles. The molecule has 0 unspecified atom stereocenters. The fourth-order valence-electron chi connectivity index (χ4n) is 3.68. The Morgan fingerprint density at radius 1 is 0.906 bits per heavy atom. The molecule has 0 aliphatic heterocycles. The van der Waals surface area contributed by atoms with Gasteiger partial charge in [0.05, 0.1) is 17.9 Å². The summed E-state index contributed by atoms with van der Waals surface area (Å²) in [5, 5.41) is 12.6. The minimum absolute atomic E-state index is 0.332. The van der Waals surface area contributed by atoms with E-state index in [1.807, 2.05) is 56.0 Å². The topological polar surface area (TPSA) is 60.0 Å². The first-order valence-electron chi connectivity index (χ1n) is 9.76. The van der Waals surface area contributed by atoms with Crippen molar-refractivity contribution in [2.45, 2.75) is 0 Å². The minimum Gasteiger partial charge on any atom is -0.330 e. The second-order valence-corrected chi connectivity index (χ2v) is 7.93. The molecule has 0 fully saturated rings. The normalized spacial score (nSPS) is 11.2. The van der Waals surface area contributed by atoms with Crippen LogP contribution in [0.25, 0.3) is 39.0 Å². The fourth-order valence-corrected chi connectivity index (χ4v) is 4.03. The summed E-state index contributed by atoms with van der Waals surface area (Å²) < 4.78 is 34.6. The Morgan fingerprint density at radius 3 is 2.44 bits per heavy atom. The Balaban J connectivity index is 1.62. The van der Waals surface area contributed by atoms with Gasteiger partial charge in [-0.3, -0.25) is 4.68 Å². The molecule has 160 valence electrons. The summed E-state index contributed by atoms with van der Waals surface area (Å²) in [6, 6.07) is 13.3. The summed E-state index contributed by atoms with van der Waals surface area (Å²) in [5.74, 6) is -1.21. The predicted molar refractivity (Wildman–Crippen MR) is 123 cm³/mol. The molecule has 2 aromatic carbocycles. The molecule has 9 heteroatoms. The number of benzene rings is 2. The van der Waals surface area contributed by atoms with Gasteiger partial charge in [0.15, 0.2) is 0 Å². The largest absolute Gasteiger partial charge is 0.330 e. The summed E-state index contributed by atoms with van der Waals surface area (Å²) in [4.78, 5) is 0. The van der Waals surface area contributed by atoms with Gasteiger partial charge in [-0.05, 0) is 53.6 Å². The Labute approximate surface area is 187 Å². The van der Waals surface area contributed by atoms with Crippen molar-refractivity contribution in [2.24, 2.45) is 7.05 Å². The number of anilines is 1. The van der Waals surface area contributed by atoms with Crippen LogP contribution in [0.1, 0.15) is 0 Å². The van der Waals surface area contributed by atoms with Crippen LogP contribution in [-0.4, -0.2) is 30.9 Å². The summed E-state index contributed by atoms with van der Waals surface area (Å²) >= 11 is 1.44. The van der Waals surface area contributed by atoms with Gasteiger partial charge in [0.25, 0.3) is 0 Å².